The van der Waals surface area contributed by atoms with Gasteiger partial charge in [-0.2, -0.15) is 8.42 Å². The van der Waals surface area contributed by atoms with Crippen LogP contribution in [0.1, 0.15) is 22.7 Å². The number of aliphatic hydroxyl groups is 1. The molecule has 0 saturated carbocycles. The van der Waals surface area contributed by atoms with Crippen molar-refractivity contribution in [2.75, 3.05) is 6.61 Å². The lowest BCUT2D eigenvalue weighted by Gasteiger charge is -2.26. The van der Waals surface area contributed by atoms with E-state index in [9.17, 15) is 17.9 Å². The van der Waals surface area contributed by atoms with Crippen LogP contribution in [0.4, 0.5) is 4.39 Å². The van der Waals surface area contributed by atoms with E-state index in [1.54, 1.807) is 30.5 Å². The molecule has 0 fully saturated rings. The van der Waals surface area contributed by atoms with E-state index >= 15 is 0 Å². The van der Waals surface area contributed by atoms with Crippen LogP contribution in [0.25, 0.3) is 10.9 Å². The SMILES string of the molecule is Cc1ccc(S(=O)(=O)OC[C@@H](O)[C@H](c2cccc(F)c2)n2ccc3cc(C)ccc32)cc1. The predicted octanol–water partition coefficient (Wildman–Crippen LogP) is 4.75. The Balaban J connectivity index is 1.67. The first kappa shape index (κ1) is 22.2. The van der Waals surface area contributed by atoms with Crippen molar-refractivity contribution in [1.29, 1.82) is 0 Å². The van der Waals surface area contributed by atoms with Gasteiger partial charge in [0.15, 0.2) is 0 Å². The molecule has 32 heavy (non-hydrogen) atoms. The van der Waals surface area contributed by atoms with Gasteiger partial charge in [0, 0.05) is 11.7 Å². The summed E-state index contributed by atoms with van der Waals surface area (Å²) in [6, 6.07) is 19.2. The first-order chi connectivity index (χ1) is 15.2. The minimum Gasteiger partial charge on any atom is -0.388 e. The van der Waals surface area contributed by atoms with Crippen LogP contribution in [0.3, 0.4) is 0 Å². The molecule has 0 unspecified atom stereocenters. The summed E-state index contributed by atoms with van der Waals surface area (Å²) >= 11 is 0. The predicted molar refractivity (Wildman–Crippen MR) is 122 cm³/mol. The summed E-state index contributed by atoms with van der Waals surface area (Å²) in [4.78, 5) is 0.0134. The maximum Gasteiger partial charge on any atom is 0.297 e. The largest absolute Gasteiger partial charge is 0.388 e. The molecule has 0 saturated heterocycles. The van der Waals surface area contributed by atoms with Crippen molar-refractivity contribution < 1.29 is 22.1 Å². The number of aryl methyl sites for hydroxylation is 2. The third kappa shape index (κ3) is 4.60. The van der Waals surface area contributed by atoms with Crippen molar-refractivity contribution in [3.05, 3.63) is 102 Å². The molecule has 0 aliphatic rings. The average Bonchev–Trinajstić information content (AvgIpc) is 3.15. The average molecular weight is 454 g/mol. The molecule has 7 heteroatoms. The van der Waals surface area contributed by atoms with E-state index in [-0.39, 0.29) is 4.90 Å². The fourth-order valence-corrected chi connectivity index (χ4v) is 4.73. The monoisotopic (exact) mass is 453 g/mol. The summed E-state index contributed by atoms with van der Waals surface area (Å²) in [7, 11) is -4.06. The summed E-state index contributed by atoms with van der Waals surface area (Å²) < 4.78 is 46.2. The van der Waals surface area contributed by atoms with Crippen molar-refractivity contribution in [2.24, 2.45) is 0 Å². The summed E-state index contributed by atoms with van der Waals surface area (Å²) in [5.74, 6) is -0.444. The lowest BCUT2D eigenvalue weighted by molar-refractivity contribution is 0.0784. The Bertz CT molecular complexity index is 1350. The van der Waals surface area contributed by atoms with Crippen LogP contribution in [-0.4, -0.2) is 30.8 Å². The van der Waals surface area contributed by atoms with Gasteiger partial charge in [-0.1, -0.05) is 41.5 Å². The van der Waals surface area contributed by atoms with Gasteiger partial charge in [0.1, 0.15) is 11.9 Å². The first-order valence-corrected chi connectivity index (χ1v) is 11.6. The van der Waals surface area contributed by atoms with Gasteiger partial charge in [0.25, 0.3) is 10.1 Å². The Labute approximate surface area is 186 Å². The van der Waals surface area contributed by atoms with Crippen LogP contribution in [0.15, 0.2) is 83.9 Å². The highest BCUT2D eigenvalue weighted by atomic mass is 32.2. The van der Waals surface area contributed by atoms with Crippen LogP contribution < -0.4 is 0 Å². The number of rotatable bonds is 7. The molecule has 1 N–H and O–H groups in total. The van der Waals surface area contributed by atoms with Crippen molar-refractivity contribution >= 4 is 21.0 Å². The van der Waals surface area contributed by atoms with Gasteiger partial charge in [-0.15, -0.1) is 0 Å². The van der Waals surface area contributed by atoms with Gasteiger partial charge in [-0.25, -0.2) is 4.39 Å². The van der Waals surface area contributed by atoms with E-state index in [1.807, 2.05) is 42.7 Å². The maximum absolute atomic E-state index is 14.0. The molecular formula is C25H24FNO4S. The number of aromatic nitrogens is 1. The lowest BCUT2D eigenvalue weighted by Crippen LogP contribution is -2.30. The quantitative estimate of drug-likeness (QED) is 0.410. The molecule has 0 radical (unpaired) electrons. The molecule has 4 aromatic rings. The Morgan fingerprint density at radius 1 is 0.969 bits per heavy atom. The number of benzene rings is 3. The highest BCUT2D eigenvalue weighted by Gasteiger charge is 2.27. The first-order valence-electron chi connectivity index (χ1n) is 10.2. The topological polar surface area (TPSA) is 68.5 Å². The fourth-order valence-electron chi connectivity index (χ4n) is 3.81. The van der Waals surface area contributed by atoms with Gasteiger partial charge < -0.3 is 9.67 Å². The number of nitrogens with zero attached hydrogens (tertiary/aromatic N) is 1. The molecular weight excluding hydrogens is 429 g/mol. The Hall–Kier alpha value is -3.00. The molecule has 0 aliphatic heterocycles. The molecule has 0 spiro atoms. The molecule has 5 nitrogen and oxygen atoms in total. The molecule has 3 aromatic carbocycles. The second-order valence-corrected chi connectivity index (χ2v) is 9.52. The zero-order chi connectivity index (χ0) is 22.9. The van der Waals surface area contributed by atoms with E-state index < -0.39 is 34.7 Å². The van der Waals surface area contributed by atoms with Gasteiger partial charge in [-0.05, 0) is 67.3 Å². The molecule has 1 heterocycles. The van der Waals surface area contributed by atoms with E-state index in [2.05, 4.69) is 0 Å². The highest BCUT2D eigenvalue weighted by molar-refractivity contribution is 7.86. The normalized spacial score (nSPS) is 13.9. The minimum absolute atomic E-state index is 0.0134. The van der Waals surface area contributed by atoms with Crippen molar-refractivity contribution in [2.45, 2.75) is 30.9 Å². The fraction of sp³-hybridized carbons (Fsp3) is 0.200. The van der Waals surface area contributed by atoms with E-state index in [0.29, 0.717) is 5.56 Å². The van der Waals surface area contributed by atoms with Crippen LogP contribution in [-0.2, 0) is 14.3 Å². The second-order valence-electron chi connectivity index (χ2n) is 7.90. The Morgan fingerprint density at radius 3 is 2.41 bits per heavy atom. The number of hydrogen-bond donors (Lipinski definition) is 1. The molecule has 166 valence electrons. The third-order valence-electron chi connectivity index (χ3n) is 5.43. The standard InChI is InChI=1S/C25H24FNO4S/c1-17-6-9-22(10-7-17)32(29,30)31-16-24(28)25(20-4-3-5-21(26)15-20)27-13-12-19-14-18(2)8-11-23(19)27/h3-15,24-25,28H,16H2,1-2H3/t24-,25+/m1/s1. The van der Waals surface area contributed by atoms with Gasteiger partial charge >= 0.3 is 0 Å². The molecule has 0 aliphatic carbocycles. The number of halogens is 1. The van der Waals surface area contributed by atoms with Gasteiger partial charge in [-0.3, -0.25) is 4.18 Å². The molecule has 4 rings (SSSR count). The molecule has 0 amide bonds. The minimum atomic E-state index is -4.06. The van der Waals surface area contributed by atoms with Crippen LogP contribution in [0.2, 0.25) is 0 Å². The molecule has 0 bridgehead atoms. The second kappa shape index (κ2) is 8.86. The summed E-state index contributed by atoms with van der Waals surface area (Å²) in [6.07, 6.45) is 0.547. The number of hydrogen-bond acceptors (Lipinski definition) is 4. The van der Waals surface area contributed by atoms with Gasteiger partial charge in [0.05, 0.1) is 17.5 Å². The van der Waals surface area contributed by atoms with Crippen molar-refractivity contribution in [3.8, 4) is 0 Å². The van der Waals surface area contributed by atoms with Crippen molar-refractivity contribution in [1.82, 2.24) is 4.57 Å². The Morgan fingerprint density at radius 2 is 1.69 bits per heavy atom. The lowest BCUT2D eigenvalue weighted by atomic mass is 10.0. The smallest absolute Gasteiger partial charge is 0.297 e. The number of fused-ring (bicyclic) bond motifs is 1. The van der Waals surface area contributed by atoms with E-state index in [0.717, 1.165) is 22.0 Å². The van der Waals surface area contributed by atoms with Gasteiger partial charge in [0.2, 0.25) is 0 Å². The third-order valence-corrected chi connectivity index (χ3v) is 6.73. The Kier molecular flexibility index (Phi) is 6.15. The van der Waals surface area contributed by atoms with Crippen LogP contribution in [0, 0.1) is 19.7 Å². The molecule has 1 aromatic heterocycles. The summed E-state index contributed by atoms with van der Waals surface area (Å²) in [5.41, 5.74) is 3.35. The van der Waals surface area contributed by atoms with Crippen molar-refractivity contribution in [3.63, 3.8) is 0 Å². The van der Waals surface area contributed by atoms with Crippen LogP contribution in [0.5, 0.6) is 0 Å². The zero-order valence-corrected chi connectivity index (χ0v) is 18.6. The maximum atomic E-state index is 14.0. The van der Waals surface area contributed by atoms with Crippen LogP contribution >= 0.6 is 0 Å². The molecule has 2 atom stereocenters. The highest BCUT2D eigenvalue weighted by Crippen LogP contribution is 2.29. The number of aliphatic hydroxyl groups excluding tert-OH is 1. The zero-order valence-electron chi connectivity index (χ0n) is 17.8. The van der Waals surface area contributed by atoms with E-state index in [4.69, 9.17) is 4.18 Å². The summed E-state index contributed by atoms with van der Waals surface area (Å²) in [5, 5.41) is 12.0. The summed E-state index contributed by atoms with van der Waals surface area (Å²) in [6.45, 7) is 3.36. The van der Waals surface area contributed by atoms with E-state index in [1.165, 1.54) is 24.3 Å².